The van der Waals surface area contributed by atoms with Crippen LogP contribution < -0.4 is 4.74 Å². The van der Waals surface area contributed by atoms with E-state index in [1.807, 2.05) is 18.2 Å². The van der Waals surface area contributed by atoms with Gasteiger partial charge in [-0.15, -0.1) is 0 Å². The third-order valence-corrected chi connectivity index (χ3v) is 4.18. The Hall–Kier alpha value is -2.27. The molecular formula is C17H15ClFNO3. The van der Waals surface area contributed by atoms with Crippen LogP contribution in [-0.2, 0) is 19.6 Å². The molecule has 0 saturated carbocycles. The minimum Gasteiger partial charge on any atom is -0.489 e. The molecule has 1 N–H and O–H groups in total. The van der Waals surface area contributed by atoms with Crippen molar-refractivity contribution in [3.63, 3.8) is 0 Å². The molecule has 0 spiro atoms. The zero-order chi connectivity index (χ0) is 16.4. The Labute approximate surface area is 138 Å². The molecular weight excluding hydrogens is 321 g/mol. The Bertz CT molecular complexity index is 751. The van der Waals surface area contributed by atoms with Crippen molar-refractivity contribution in [3.05, 3.63) is 63.9 Å². The summed E-state index contributed by atoms with van der Waals surface area (Å²) in [5.41, 5.74) is 2.41. The molecule has 0 unspecified atom stereocenters. The number of rotatable bonds is 3. The van der Waals surface area contributed by atoms with Crippen molar-refractivity contribution >= 4 is 17.7 Å². The van der Waals surface area contributed by atoms with Crippen LogP contribution in [0.3, 0.4) is 0 Å². The van der Waals surface area contributed by atoms with Crippen molar-refractivity contribution in [3.8, 4) is 5.75 Å². The Kier molecular flexibility index (Phi) is 4.39. The molecule has 23 heavy (non-hydrogen) atoms. The third kappa shape index (κ3) is 3.40. The molecule has 1 amide bonds. The third-order valence-electron chi connectivity index (χ3n) is 3.89. The number of amides is 1. The second kappa shape index (κ2) is 6.46. The SMILES string of the molecule is O=C(O)N1CCc2ccc(OCc3cccc(Cl)c3F)cc2C1. The number of fused-ring (bicyclic) bond motifs is 1. The van der Waals surface area contributed by atoms with E-state index in [1.165, 1.54) is 11.0 Å². The summed E-state index contributed by atoms with van der Waals surface area (Å²) in [6.45, 7) is 0.900. The van der Waals surface area contributed by atoms with Crippen LogP contribution in [0.25, 0.3) is 0 Å². The van der Waals surface area contributed by atoms with Gasteiger partial charge < -0.3 is 14.7 Å². The minimum atomic E-state index is -0.928. The molecule has 120 valence electrons. The van der Waals surface area contributed by atoms with Gasteiger partial charge in [-0.2, -0.15) is 0 Å². The summed E-state index contributed by atoms with van der Waals surface area (Å²) < 4.78 is 19.5. The number of carbonyl (C=O) groups is 1. The normalized spacial score (nSPS) is 13.6. The standard InChI is InChI=1S/C17H15ClFNO3/c18-15-3-1-2-12(16(15)19)10-23-14-5-4-11-6-7-20(17(21)22)9-13(11)8-14/h1-5,8H,6-7,9-10H2,(H,21,22). The minimum absolute atomic E-state index is 0.0633. The van der Waals surface area contributed by atoms with Gasteiger partial charge in [-0.25, -0.2) is 9.18 Å². The average Bonchev–Trinajstić information content (AvgIpc) is 2.55. The molecule has 0 atom stereocenters. The summed E-state index contributed by atoms with van der Waals surface area (Å²) in [6, 6.07) is 10.3. The lowest BCUT2D eigenvalue weighted by molar-refractivity contribution is 0.140. The van der Waals surface area contributed by atoms with E-state index in [9.17, 15) is 9.18 Å². The summed E-state index contributed by atoms with van der Waals surface area (Å²) in [5, 5.41) is 9.15. The maximum atomic E-state index is 13.8. The van der Waals surface area contributed by atoms with Gasteiger partial charge in [0.2, 0.25) is 0 Å². The lowest BCUT2D eigenvalue weighted by Gasteiger charge is -2.26. The highest BCUT2D eigenvalue weighted by atomic mass is 35.5. The monoisotopic (exact) mass is 335 g/mol. The van der Waals surface area contributed by atoms with E-state index in [4.69, 9.17) is 21.4 Å². The molecule has 0 aromatic heterocycles. The van der Waals surface area contributed by atoms with Crippen LogP contribution in [0, 0.1) is 5.82 Å². The molecule has 6 heteroatoms. The number of hydrogen-bond acceptors (Lipinski definition) is 2. The van der Waals surface area contributed by atoms with E-state index in [0.29, 0.717) is 30.8 Å². The number of nitrogens with zero attached hydrogens (tertiary/aromatic N) is 1. The first-order valence-corrected chi connectivity index (χ1v) is 7.58. The van der Waals surface area contributed by atoms with Crippen molar-refractivity contribution in [2.24, 2.45) is 0 Å². The highest BCUT2D eigenvalue weighted by molar-refractivity contribution is 6.30. The summed E-state index contributed by atoms with van der Waals surface area (Å²) in [4.78, 5) is 12.4. The lowest BCUT2D eigenvalue weighted by Crippen LogP contribution is -2.34. The highest BCUT2D eigenvalue weighted by Gasteiger charge is 2.20. The lowest BCUT2D eigenvalue weighted by atomic mass is 10.00. The van der Waals surface area contributed by atoms with Crippen molar-refractivity contribution in [2.75, 3.05) is 6.54 Å². The molecule has 4 nitrogen and oxygen atoms in total. The molecule has 2 aromatic rings. The predicted molar refractivity (Wildman–Crippen MR) is 84.3 cm³/mol. The predicted octanol–water partition coefficient (Wildman–Crippen LogP) is 4.09. The fourth-order valence-electron chi connectivity index (χ4n) is 2.61. The van der Waals surface area contributed by atoms with Gasteiger partial charge in [-0.1, -0.05) is 29.8 Å². The van der Waals surface area contributed by atoms with Gasteiger partial charge >= 0.3 is 6.09 Å². The molecule has 2 aromatic carbocycles. The van der Waals surface area contributed by atoms with Crippen LogP contribution in [0.15, 0.2) is 36.4 Å². The van der Waals surface area contributed by atoms with Crippen molar-refractivity contribution in [2.45, 2.75) is 19.6 Å². The number of carboxylic acid groups (broad SMARTS) is 1. The zero-order valence-electron chi connectivity index (χ0n) is 12.3. The molecule has 3 rings (SSSR count). The molecule has 0 saturated heterocycles. The number of halogens is 2. The molecule has 0 radical (unpaired) electrons. The van der Waals surface area contributed by atoms with Gasteiger partial charge in [-0.3, -0.25) is 0 Å². The van der Waals surface area contributed by atoms with Crippen LogP contribution in [-0.4, -0.2) is 22.6 Å². The first-order valence-electron chi connectivity index (χ1n) is 7.20. The van der Waals surface area contributed by atoms with E-state index in [0.717, 1.165) is 11.1 Å². The topological polar surface area (TPSA) is 49.8 Å². The second-order valence-corrected chi connectivity index (χ2v) is 5.79. The second-order valence-electron chi connectivity index (χ2n) is 5.39. The maximum Gasteiger partial charge on any atom is 0.407 e. The zero-order valence-corrected chi connectivity index (χ0v) is 13.0. The maximum absolute atomic E-state index is 13.8. The summed E-state index contributed by atoms with van der Waals surface area (Å²) >= 11 is 5.74. The van der Waals surface area contributed by atoms with Crippen LogP contribution in [0.5, 0.6) is 5.75 Å². The van der Waals surface area contributed by atoms with E-state index in [-0.39, 0.29) is 11.6 Å². The molecule has 0 aliphatic carbocycles. The van der Waals surface area contributed by atoms with Crippen molar-refractivity contribution in [1.29, 1.82) is 0 Å². The Morgan fingerprint density at radius 1 is 1.30 bits per heavy atom. The van der Waals surface area contributed by atoms with Crippen molar-refractivity contribution < 1.29 is 19.0 Å². The number of benzene rings is 2. The Morgan fingerprint density at radius 2 is 2.13 bits per heavy atom. The first kappa shape index (κ1) is 15.6. The van der Waals surface area contributed by atoms with Gasteiger partial charge in [-0.05, 0) is 35.7 Å². The summed E-state index contributed by atoms with van der Waals surface area (Å²) in [7, 11) is 0. The van der Waals surface area contributed by atoms with Crippen LogP contribution in [0.1, 0.15) is 16.7 Å². The number of ether oxygens (including phenoxy) is 1. The molecule has 1 heterocycles. The molecule has 1 aliphatic rings. The number of hydrogen-bond donors (Lipinski definition) is 1. The van der Waals surface area contributed by atoms with Gasteiger partial charge in [0, 0.05) is 18.7 Å². The first-order chi connectivity index (χ1) is 11.0. The van der Waals surface area contributed by atoms with Crippen molar-refractivity contribution in [1.82, 2.24) is 4.90 Å². The highest BCUT2D eigenvalue weighted by Crippen LogP contribution is 2.25. The fourth-order valence-corrected chi connectivity index (χ4v) is 2.80. The van der Waals surface area contributed by atoms with Gasteiger partial charge in [0.15, 0.2) is 0 Å². The fraction of sp³-hybridized carbons (Fsp3) is 0.235. The molecule has 1 aliphatic heterocycles. The summed E-state index contributed by atoms with van der Waals surface area (Å²) in [5.74, 6) is 0.0968. The van der Waals surface area contributed by atoms with Gasteiger partial charge in [0.1, 0.15) is 18.2 Å². The Morgan fingerprint density at radius 3 is 2.91 bits per heavy atom. The van der Waals surface area contributed by atoms with Crippen LogP contribution in [0.4, 0.5) is 9.18 Å². The smallest absolute Gasteiger partial charge is 0.407 e. The molecule has 0 bridgehead atoms. The van der Waals surface area contributed by atoms with E-state index in [1.54, 1.807) is 12.1 Å². The largest absolute Gasteiger partial charge is 0.489 e. The van der Waals surface area contributed by atoms with E-state index in [2.05, 4.69) is 0 Å². The van der Waals surface area contributed by atoms with Gasteiger partial charge in [0.05, 0.1) is 5.02 Å². The van der Waals surface area contributed by atoms with Crippen LogP contribution in [0.2, 0.25) is 5.02 Å². The average molecular weight is 336 g/mol. The Balaban J connectivity index is 1.73. The van der Waals surface area contributed by atoms with E-state index < -0.39 is 11.9 Å². The summed E-state index contributed by atoms with van der Waals surface area (Å²) in [6.07, 6.45) is -0.242. The van der Waals surface area contributed by atoms with E-state index >= 15 is 0 Å². The molecule has 0 fully saturated rings. The quantitative estimate of drug-likeness (QED) is 0.919. The van der Waals surface area contributed by atoms with Crippen LogP contribution >= 0.6 is 11.6 Å². The van der Waals surface area contributed by atoms with Gasteiger partial charge in [0.25, 0.3) is 0 Å².